The van der Waals surface area contributed by atoms with E-state index in [1.807, 2.05) is 0 Å². The van der Waals surface area contributed by atoms with E-state index in [2.05, 4.69) is 10.3 Å². The molecule has 3 rings (SSSR count). The SMILES string of the molecule is Cc1nc(C(F)(F)F)ccc1C(=O)N1CCCC(N2CCNCC2=O)C1. The molecule has 0 bridgehead atoms. The van der Waals surface area contributed by atoms with Crippen LogP contribution in [0.2, 0.25) is 0 Å². The predicted molar refractivity (Wildman–Crippen MR) is 87.5 cm³/mol. The summed E-state index contributed by atoms with van der Waals surface area (Å²) in [6, 6.07) is 1.97. The number of likely N-dealkylation sites (tertiary alicyclic amines) is 1. The summed E-state index contributed by atoms with van der Waals surface area (Å²) in [5.41, 5.74) is -0.773. The predicted octanol–water partition coefficient (Wildman–Crippen LogP) is 1.45. The summed E-state index contributed by atoms with van der Waals surface area (Å²) in [6.07, 6.45) is -2.97. The van der Waals surface area contributed by atoms with Gasteiger partial charge in [0.05, 0.1) is 17.8 Å². The molecule has 0 aromatic carbocycles. The van der Waals surface area contributed by atoms with E-state index in [0.717, 1.165) is 25.5 Å². The number of aryl methyl sites for hydroxylation is 1. The van der Waals surface area contributed by atoms with Crippen LogP contribution in [0, 0.1) is 6.92 Å². The van der Waals surface area contributed by atoms with Crippen molar-refractivity contribution in [2.24, 2.45) is 0 Å². The summed E-state index contributed by atoms with van der Waals surface area (Å²) in [5, 5.41) is 3.02. The molecule has 1 aromatic heterocycles. The van der Waals surface area contributed by atoms with Gasteiger partial charge in [0.1, 0.15) is 5.69 Å². The average molecular weight is 370 g/mol. The molecule has 0 radical (unpaired) electrons. The molecule has 2 amide bonds. The second-order valence-electron chi connectivity index (χ2n) is 6.64. The summed E-state index contributed by atoms with van der Waals surface area (Å²) >= 11 is 0. The van der Waals surface area contributed by atoms with Crippen LogP contribution in [-0.2, 0) is 11.0 Å². The minimum Gasteiger partial charge on any atom is -0.337 e. The van der Waals surface area contributed by atoms with E-state index in [-0.39, 0.29) is 29.1 Å². The fourth-order valence-corrected chi connectivity index (χ4v) is 3.52. The maximum Gasteiger partial charge on any atom is 0.433 e. The molecule has 9 heteroatoms. The molecule has 142 valence electrons. The second kappa shape index (κ2) is 7.22. The molecule has 2 aliphatic heterocycles. The summed E-state index contributed by atoms with van der Waals surface area (Å²) in [7, 11) is 0. The molecular formula is C17H21F3N4O2. The van der Waals surface area contributed by atoms with Crippen LogP contribution in [0.15, 0.2) is 12.1 Å². The number of alkyl halides is 3. The van der Waals surface area contributed by atoms with Gasteiger partial charge in [0, 0.05) is 32.2 Å². The van der Waals surface area contributed by atoms with Gasteiger partial charge in [-0.3, -0.25) is 9.59 Å². The summed E-state index contributed by atoms with van der Waals surface area (Å²) in [5.74, 6) is -0.320. The first-order valence-corrected chi connectivity index (χ1v) is 8.61. The molecule has 2 saturated heterocycles. The highest BCUT2D eigenvalue weighted by Gasteiger charge is 2.35. The number of piperazine rings is 1. The number of halogens is 3. The van der Waals surface area contributed by atoms with Crippen LogP contribution in [-0.4, -0.2) is 65.4 Å². The summed E-state index contributed by atoms with van der Waals surface area (Å²) in [4.78, 5) is 31.8. The number of carbonyl (C=O) groups is 2. The topological polar surface area (TPSA) is 65.5 Å². The lowest BCUT2D eigenvalue weighted by molar-refractivity contribution is -0.141. The Kier molecular flexibility index (Phi) is 5.17. The maximum absolute atomic E-state index is 12.8. The normalized spacial score (nSPS) is 21.8. The van der Waals surface area contributed by atoms with Gasteiger partial charge in [0.15, 0.2) is 0 Å². The number of hydrogen-bond acceptors (Lipinski definition) is 4. The molecule has 2 aliphatic rings. The number of piperidine rings is 1. The van der Waals surface area contributed by atoms with Crippen molar-refractivity contribution in [1.29, 1.82) is 0 Å². The highest BCUT2D eigenvalue weighted by Crippen LogP contribution is 2.28. The Morgan fingerprint density at radius 3 is 2.73 bits per heavy atom. The molecule has 1 aromatic rings. The molecular weight excluding hydrogens is 349 g/mol. The number of pyridine rings is 1. The number of nitrogens with one attached hydrogen (secondary N) is 1. The van der Waals surface area contributed by atoms with Gasteiger partial charge in [-0.05, 0) is 31.9 Å². The van der Waals surface area contributed by atoms with Crippen LogP contribution in [0.4, 0.5) is 13.2 Å². The Labute approximate surface area is 149 Å². The number of hydrogen-bond donors (Lipinski definition) is 1. The smallest absolute Gasteiger partial charge is 0.337 e. The average Bonchev–Trinajstić information content (AvgIpc) is 2.61. The van der Waals surface area contributed by atoms with Gasteiger partial charge in [-0.15, -0.1) is 0 Å². The van der Waals surface area contributed by atoms with Crippen LogP contribution in [0.3, 0.4) is 0 Å². The van der Waals surface area contributed by atoms with E-state index in [1.54, 1.807) is 9.80 Å². The van der Waals surface area contributed by atoms with Crippen molar-refractivity contribution in [2.45, 2.75) is 32.0 Å². The third kappa shape index (κ3) is 3.82. The quantitative estimate of drug-likeness (QED) is 0.856. The van der Waals surface area contributed by atoms with Crippen molar-refractivity contribution in [3.05, 3.63) is 29.1 Å². The zero-order valence-electron chi connectivity index (χ0n) is 14.5. The molecule has 6 nitrogen and oxygen atoms in total. The Morgan fingerprint density at radius 2 is 2.08 bits per heavy atom. The minimum absolute atomic E-state index is 0.0166. The fourth-order valence-electron chi connectivity index (χ4n) is 3.52. The Bertz CT molecular complexity index is 708. The van der Waals surface area contributed by atoms with E-state index in [0.29, 0.717) is 26.2 Å². The number of nitrogens with zero attached hydrogens (tertiary/aromatic N) is 3. The van der Waals surface area contributed by atoms with E-state index >= 15 is 0 Å². The lowest BCUT2D eigenvalue weighted by atomic mass is 10.0. The lowest BCUT2D eigenvalue weighted by Crippen LogP contribution is -2.57. The monoisotopic (exact) mass is 370 g/mol. The molecule has 3 heterocycles. The third-order valence-corrected chi connectivity index (χ3v) is 4.86. The molecule has 0 spiro atoms. The van der Waals surface area contributed by atoms with Crippen molar-refractivity contribution in [1.82, 2.24) is 20.1 Å². The van der Waals surface area contributed by atoms with Crippen molar-refractivity contribution in [3.8, 4) is 0 Å². The largest absolute Gasteiger partial charge is 0.433 e. The fraction of sp³-hybridized carbons (Fsp3) is 0.588. The van der Waals surface area contributed by atoms with Gasteiger partial charge in [-0.25, -0.2) is 4.98 Å². The molecule has 2 fully saturated rings. The van der Waals surface area contributed by atoms with Crippen molar-refractivity contribution >= 4 is 11.8 Å². The zero-order valence-corrected chi connectivity index (χ0v) is 14.5. The van der Waals surface area contributed by atoms with E-state index < -0.39 is 11.9 Å². The van der Waals surface area contributed by atoms with Crippen molar-refractivity contribution in [2.75, 3.05) is 32.7 Å². The molecule has 0 aliphatic carbocycles. The number of carbonyl (C=O) groups excluding carboxylic acids is 2. The van der Waals surface area contributed by atoms with Gasteiger partial charge in [0.2, 0.25) is 5.91 Å². The van der Waals surface area contributed by atoms with Gasteiger partial charge < -0.3 is 15.1 Å². The number of rotatable bonds is 2. The highest BCUT2D eigenvalue weighted by molar-refractivity contribution is 5.95. The Balaban J connectivity index is 1.74. The van der Waals surface area contributed by atoms with E-state index in [9.17, 15) is 22.8 Å². The molecule has 26 heavy (non-hydrogen) atoms. The van der Waals surface area contributed by atoms with Gasteiger partial charge in [-0.2, -0.15) is 13.2 Å². The Morgan fingerprint density at radius 1 is 1.31 bits per heavy atom. The summed E-state index contributed by atoms with van der Waals surface area (Å²) < 4.78 is 38.2. The number of aromatic nitrogens is 1. The van der Waals surface area contributed by atoms with Gasteiger partial charge in [-0.1, -0.05) is 0 Å². The first-order valence-electron chi connectivity index (χ1n) is 8.61. The van der Waals surface area contributed by atoms with Crippen LogP contribution < -0.4 is 5.32 Å². The lowest BCUT2D eigenvalue weighted by Gasteiger charge is -2.41. The number of amides is 2. The van der Waals surface area contributed by atoms with Crippen LogP contribution in [0.1, 0.15) is 34.6 Å². The van der Waals surface area contributed by atoms with Gasteiger partial charge >= 0.3 is 6.18 Å². The standard InChI is InChI=1S/C17H21F3N4O2/c1-11-13(4-5-14(22-11)17(18,19)20)16(26)23-7-2-3-12(10-23)24-8-6-21-9-15(24)25/h4-5,12,21H,2-3,6-10H2,1H3. The zero-order chi connectivity index (χ0) is 18.9. The van der Waals surface area contributed by atoms with E-state index in [1.165, 1.54) is 13.0 Å². The second-order valence-corrected chi connectivity index (χ2v) is 6.64. The van der Waals surface area contributed by atoms with Crippen LogP contribution in [0.5, 0.6) is 0 Å². The first-order chi connectivity index (χ1) is 12.3. The molecule has 1 unspecified atom stereocenters. The first kappa shape index (κ1) is 18.6. The highest BCUT2D eigenvalue weighted by atomic mass is 19.4. The third-order valence-electron chi connectivity index (χ3n) is 4.86. The molecule has 1 atom stereocenters. The van der Waals surface area contributed by atoms with Crippen LogP contribution >= 0.6 is 0 Å². The van der Waals surface area contributed by atoms with E-state index in [4.69, 9.17) is 0 Å². The minimum atomic E-state index is -4.54. The summed E-state index contributed by atoms with van der Waals surface area (Å²) in [6.45, 7) is 3.95. The Hall–Kier alpha value is -2.16. The van der Waals surface area contributed by atoms with Crippen LogP contribution in [0.25, 0.3) is 0 Å². The van der Waals surface area contributed by atoms with Crippen molar-refractivity contribution in [3.63, 3.8) is 0 Å². The molecule has 0 saturated carbocycles. The van der Waals surface area contributed by atoms with Gasteiger partial charge in [0.25, 0.3) is 5.91 Å². The maximum atomic E-state index is 12.8. The molecule has 1 N–H and O–H groups in total. The van der Waals surface area contributed by atoms with Crippen molar-refractivity contribution < 1.29 is 22.8 Å².